The first-order chi connectivity index (χ1) is 10.7. The summed E-state index contributed by atoms with van der Waals surface area (Å²) in [6.45, 7) is 3.97. The Kier molecular flexibility index (Phi) is 5.07. The van der Waals surface area contributed by atoms with Crippen LogP contribution >= 0.6 is 0 Å². The maximum Gasteiger partial charge on any atom is 0.274 e. The maximum atomic E-state index is 11.4. The zero-order chi connectivity index (χ0) is 15.9. The molecule has 0 unspecified atom stereocenters. The number of H-pyrrole nitrogens is 1. The number of methoxy groups -OCH3 is 1. The van der Waals surface area contributed by atoms with Gasteiger partial charge >= 0.3 is 0 Å². The van der Waals surface area contributed by atoms with E-state index >= 15 is 0 Å². The van der Waals surface area contributed by atoms with Crippen LogP contribution in [0.1, 0.15) is 18.2 Å². The van der Waals surface area contributed by atoms with Gasteiger partial charge in [-0.3, -0.25) is 9.78 Å². The number of nitrogens with one attached hydrogen (secondary N) is 2. The van der Waals surface area contributed by atoms with Crippen LogP contribution in [0, 0.1) is 6.92 Å². The number of benzene rings is 1. The van der Waals surface area contributed by atoms with Gasteiger partial charge in [-0.15, -0.1) is 10.2 Å². The molecule has 2 rings (SSSR count). The fourth-order valence-electron chi connectivity index (χ4n) is 1.70. The van der Waals surface area contributed by atoms with Crippen molar-refractivity contribution < 1.29 is 9.47 Å². The van der Waals surface area contributed by atoms with Crippen LogP contribution < -0.4 is 20.5 Å². The van der Waals surface area contributed by atoms with E-state index in [1.54, 1.807) is 26.3 Å². The highest BCUT2D eigenvalue weighted by atomic mass is 16.5. The summed E-state index contributed by atoms with van der Waals surface area (Å²) in [4.78, 5) is 13.9. The predicted molar refractivity (Wildman–Crippen MR) is 82.8 cm³/mol. The molecular weight excluding hydrogens is 286 g/mol. The highest BCUT2D eigenvalue weighted by Crippen LogP contribution is 2.29. The first-order valence-corrected chi connectivity index (χ1v) is 6.68. The lowest BCUT2D eigenvalue weighted by Crippen LogP contribution is -2.15. The van der Waals surface area contributed by atoms with Crippen LogP contribution in [0.15, 0.2) is 28.1 Å². The van der Waals surface area contributed by atoms with Gasteiger partial charge in [0.15, 0.2) is 11.5 Å². The van der Waals surface area contributed by atoms with E-state index in [9.17, 15) is 4.79 Å². The fourth-order valence-corrected chi connectivity index (χ4v) is 1.70. The lowest BCUT2D eigenvalue weighted by atomic mass is 10.2. The molecule has 2 aromatic rings. The van der Waals surface area contributed by atoms with Crippen molar-refractivity contribution in [3.8, 4) is 11.5 Å². The third-order valence-electron chi connectivity index (χ3n) is 2.75. The number of aryl methyl sites for hydroxylation is 1. The molecule has 8 heteroatoms. The van der Waals surface area contributed by atoms with Crippen LogP contribution in [0.2, 0.25) is 0 Å². The molecular formula is C14H17N5O3. The summed E-state index contributed by atoms with van der Waals surface area (Å²) in [5.41, 5.74) is 3.32. The summed E-state index contributed by atoms with van der Waals surface area (Å²) >= 11 is 0. The number of aromatic amines is 1. The normalized spacial score (nSPS) is 10.7. The zero-order valence-electron chi connectivity index (χ0n) is 12.6. The smallest absolute Gasteiger partial charge is 0.274 e. The molecule has 0 aliphatic heterocycles. The number of anilines is 1. The predicted octanol–water partition coefficient (Wildman–Crippen LogP) is 1.33. The second-order valence-electron chi connectivity index (χ2n) is 4.27. The van der Waals surface area contributed by atoms with Crippen LogP contribution in [-0.2, 0) is 0 Å². The highest BCUT2D eigenvalue weighted by molar-refractivity contribution is 5.85. The number of aromatic nitrogens is 3. The number of rotatable bonds is 6. The zero-order valence-corrected chi connectivity index (χ0v) is 12.6. The highest BCUT2D eigenvalue weighted by Gasteiger charge is 2.08. The third-order valence-corrected chi connectivity index (χ3v) is 2.75. The summed E-state index contributed by atoms with van der Waals surface area (Å²) < 4.78 is 10.8. The molecule has 0 atom stereocenters. The molecule has 2 N–H and O–H groups in total. The molecule has 8 nitrogen and oxygen atoms in total. The minimum absolute atomic E-state index is 0.160. The van der Waals surface area contributed by atoms with Gasteiger partial charge in [-0.2, -0.15) is 5.10 Å². The summed E-state index contributed by atoms with van der Waals surface area (Å²) in [7, 11) is 1.57. The van der Waals surface area contributed by atoms with E-state index in [1.807, 2.05) is 19.1 Å². The van der Waals surface area contributed by atoms with Gasteiger partial charge in [0.1, 0.15) is 5.69 Å². The quantitative estimate of drug-likeness (QED) is 0.616. The maximum absolute atomic E-state index is 11.4. The molecule has 1 heterocycles. The Bertz CT molecular complexity index is 727. The van der Waals surface area contributed by atoms with Gasteiger partial charge in [0.05, 0.1) is 19.9 Å². The van der Waals surface area contributed by atoms with E-state index in [0.29, 0.717) is 23.8 Å². The molecule has 0 aliphatic carbocycles. The van der Waals surface area contributed by atoms with Crippen LogP contribution in [0.25, 0.3) is 0 Å². The molecule has 0 saturated carbocycles. The van der Waals surface area contributed by atoms with Gasteiger partial charge in [0.2, 0.25) is 5.95 Å². The van der Waals surface area contributed by atoms with E-state index in [-0.39, 0.29) is 11.5 Å². The topological polar surface area (TPSA) is 101 Å². The monoisotopic (exact) mass is 303 g/mol. The van der Waals surface area contributed by atoms with Crippen LogP contribution in [0.5, 0.6) is 11.5 Å². The summed E-state index contributed by atoms with van der Waals surface area (Å²) in [6, 6.07) is 5.47. The first-order valence-electron chi connectivity index (χ1n) is 6.68. The number of nitrogens with zero attached hydrogens (tertiary/aromatic N) is 3. The van der Waals surface area contributed by atoms with Crippen molar-refractivity contribution in [1.82, 2.24) is 15.2 Å². The molecule has 0 amide bonds. The van der Waals surface area contributed by atoms with E-state index in [2.05, 4.69) is 25.7 Å². The number of ether oxygens (including phenoxy) is 2. The molecule has 1 aromatic heterocycles. The van der Waals surface area contributed by atoms with Crippen molar-refractivity contribution in [3.63, 3.8) is 0 Å². The summed E-state index contributed by atoms with van der Waals surface area (Å²) in [5, 5.41) is 11.5. The lowest BCUT2D eigenvalue weighted by molar-refractivity contribution is 0.310. The molecule has 0 saturated heterocycles. The second kappa shape index (κ2) is 7.21. The van der Waals surface area contributed by atoms with Crippen molar-refractivity contribution >= 4 is 12.2 Å². The Morgan fingerprint density at radius 2 is 2.23 bits per heavy atom. The van der Waals surface area contributed by atoms with Crippen LogP contribution in [0.3, 0.4) is 0 Å². The van der Waals surface area contributed by atoms with Crippen molar-refractivity contribution in [1.29, 1.82) is 0 Å². The van der Waals surface area contributed by atoms with Crippen LogP contribution in [-0.4, -0.2) is 35.1 Å². The van der Waals surface area contributed by atoms with Gasteiger partial charge in [-0.05, 0) is 26.0 Å². The molecule has 0 bridgehead atoms. The van der Waals surface area contributed by atoms with Crippen molar-refractivity contribution in [2.45, 2.75) is 13.8 Å². The molecule has 1 aromatic carbocycles. The van der Waals surface area contributed by atoms with Gasteiger partial charge in [-0.1, -0.05) is 6.07 Å². The molecule has 0 radical (unpaired) electrons. The Morgan fingerprint density at radius 3 is 2.91 bits per heavy atom. The molecule has 116 valence electrons. The first kappa shape index (κ1) is 15.5. The van der Waals surface area contributed by atoms with E-state index < -0.39 is 0 Å². The summed E-state index contributed by atoms with van der Waals surface area (Å²) in [6.07, 6.45) is 1.55. The van der Waals surface area contributed by atoms with Crippen molar-refractivity contribution in [2.24, 2.45) is 5.10 Å². The fraction of sp³-hybridized carbons (Fsp3) is 0.286. The standard InChI is InChI=1S/C14H17N5O3/c1-4-22-12-10(6-5-7-11(12)21-3)8-15-18-14-16-13(20)9(2)17-19-14/h5-8H,4H2,1-3H3,(H2,16,18,19,20)/b15-8+. The van der Waals surface area contributed by atoms with Gasteiger partial charge in [0.25, 0.3) is 5.56 Å². The number of para-hydroxylation sites is 1. The minimum atomic E-state index is -0.316. The molecule has 0 aliphatic rings. The largest absolute Gasteiger partial charge is 0.493 e. The van der Waals surface area contributed by atoms with Crippen LogP contribution in [0.4, 0.5) is 5.95 Å². The SMILES string of the molecule is CCOc1c(/C=N/Nc2nnc(C)c(=O)[nH]2)cccc1OC. The van der Waals surface area contributed by atoms with E-state index in [1.165, 1.54) is 0 Å². The Labute approximate surface area is 127 Å². The Hall–Kier alpha value is -2.90. The van der Waals surface area contributed by atoms with Gasteiger partial charge in [0, 0.05) is 5.56 Å². The average Bonchev–Trinajstić information content (AvgIpc) is 2.52. The average molecular weight is 303 g/mol. The second-order valence-corrected chi connectivity index (χ2v) is 4.27. The molecule has 22 heavy (non-hydrogen) atoms. The van der Waals surface area contributed by atoms with Gasteiger partial charge in [-0.25, -0.2) is 5.43 Å². The number of hydrazone groups is 1. The number of hydrogen-bond donors (Lipinski definition) is 2. The third kappa shape index (κ3) is 3.60. The minimum Gasteiger partial charge on any atom is -0.493 e. The Balaban J connectivity index is 2.19. The lowest BCUT2D eigenvalue weighted by Gasteiger charge is -2.11. The van der Waals surface area contributed by atoms with E-state index in [4.69, 9.17) is 9.47 Å². The van der Waals surface area contributed by atoms with Crippen molar-refractivity contribution in [3.05, 3.63) is 39.8 Å². The van der Waals surface area contributed by atoms with E-state index in [0.717, 1.165) is 5.56 Å². The van der Waals surface area contributed by atoms with Gasteiger partial charge < -0.3 is 9.47 Å². The molecule has 0 fully saturated rings. The Morgan fingerprint density at radius 1 is 1.41 bits per heavy atom. The number of hydrogen-bond acceptors (Lipinski definition) is 7. The summed E-state index contributed by atoms with van der Waals surface area (Å²) in [5.74, 6) is 1.38. The molecule has 0 spiro atoms. The van der Waals surface area contributed by atoms with Crippen molar-refractivity contribution in [2.75, 3.05) is 19.1 Å².